The lowest BCUT2D eigenvalue weighted by atomic mass is 9.60. The Bertz CT molecular complexity index is 280. The Morgan fingerprint density at radius 3 is 2.93 bits per heavy atom. The number of hydrogen-bond donors (Lipinski definition) is 0. The number of thioether (sulfide) groups is 1. The van der Waals surface area contributed by atoms with E-state index in [0.29, 0.717) is 17.2 Å². The second-order valence-corrected chi connectivity index (χ2v) is 7.03. The zero-order chi connectivity index (χ0) is 11.2. The summed E-state index contributed by atoms with van der Waals surface area (Å²) >= 11 is 7.24. The van der Waals surface area contributed by atoms with Gasteiger partial charge in [-0.3, -0.25) is 0 Å². The predicted octanol–water partition coefficient (Wildman–Crippen LogP) is 2.85. The van der Waals surface area contributed by atoms with Gasteiger partial charge in [0.15, 0.2) is 0 Å². The van der Waals surface area contributed by atoms with E-state index >= 15 is 0 Å². The zero-order valence-electron chi connectivity index (χ0n) is 9.69. The molecular weight excluding hydrogens is 221 g/mol. The van der Waals surface area contributed by atoms with Gasteiger partial charge in [-0.1, -0.05) is 56.0 Å². The van der Waals surface area contributed by atoms with Crippen molar-refractivity contribution in [2.24, 2.45) is 5.92 Å². The van der Waals surface area contributed by atoms with Crippen LogP contribution in [0.2, 0.25) is 5.31 Å². The number of thiocarbonyl (C=S) groups is 1. The number of hydrogen-bond acceptors (Lipinski definition) is 2. The van der Waals surface area contributed by atoms with E-state index in [-0.39, 0.29) is 5.31 Å². The van der Waals surface area contributed by atoms with Crippen molar-refractivity contribution < 1.29 is 0 Å². The molecule has 2 radical (unpaired) electrons. The molecule has 0 aromatic heterocycles. The Kier molecular flexibility index (Phi) is 3.11. The number of nitrogens with zero attached hydrogens (tertiary/aromatic N) is 1. The van der Waals surface area contributed by atoms with Gasteiger partial charge in [-0.15, -0.1) is 0 Å². The third-order valence-electron chi connectivity index (χ3n) is 4.15. The van der Waals surface area contributed by atoms with Crippen LogP contribution in [-0.4, -0.2) is 35.4 Å². The second kappa shape index (κ2) is 3.95. The molecule has 4 unspecified atom stereocenters. The Hall–Kier alpha value is 0.305. The second-order valence-electron chi connectivity index (χ2n) is 5.21. The maximum atomic E-state index is 6.39. The number of fused-ring (bicyclic) bond motifs is 1. The molecule has 4 heteroatoms. The molecule has 1 saturated carbocycles. The van der Waals surface area contributed by atoms with E-state index in [1.165, 1.54) is 12.8 Å². The minimum absolute atomic E-state index is 0.0206. The van der Waals surface area contributed by atoms with E-state index in [0.717, 1.165) is 10.7 Å². The van der Waals surface area contributed by atoms with Crippen LogP contribution in [0.3, 0.4) is 0 Å². The Morgan fingerprint density at radius 2 is 2.27 bits per heavy atom. The van der Waals surface area contributed by atoms with E-state index in [1.807, 2.05) is 11.8 Å². The molecule has 1 nitrogen and oxygen atoms in total. The first kappa shape index (κ1) is 11.8. The van der Waals surface area contributed by atoms with Crippen LogP contribution in [0.4, 0.5) is 0 Å². The molecule has 0 amide bonds. The summed E-state index contributed by atoms with van der Waals surface area (Å²) in [6.07, 6.45) is 3.61. The van der Waals surface area contributed by atoms with Crippen LogP contribution in [0.5, 0.6) is 0 Å². The highest BCUT2D eigenvalue weighted by atomic mass is 32.2. The highest BCUT2D eigenvalue weighted by Crippen LogP contribution is 2.50. The monoisotopic (exact) mass is 239 g/mol. The molecule has 1 heterocycles. The van der Waals surface area contributed by atoms with Gasteiger partial charge in [0.2, 0.25) is 0 Å². The van der Waals surface area contributed by atoms with E-state index in [2.05, 4.69) is 25.8 Å². The predicted molar refractivity (Wildman–Crippen MR) is 72.7 cm³/mol. The van der Waals surface area contributed by atoms with Crippen LogP contribution in [-0.2, 0) is 0 Å². The average molecular weight is 239 g/mol. The SMILES string of the molecule is [B]C1(C)CCCC2C(SC(=S)N2C)C1C. The van der Waals surface area contributed by atoms with Gasteiger partial charge in [0.25, 0.3) is 0 Å². The fourth-order valence-corrected chi connectivity index (χ4v) is 4.72. The van der Waals surface area contributed by atoms with Crippen molar-refractivity contribution in [3.63, 3.8) is 0 Å². The van der Waals surface area contributed by atoms with Crippen molar-refractivity contribution in [2.45, 2.75) is 49.7 Å². The maximum absolute atomic E-state index is 6.39. The molecule has 4 atom stereocenters. The minimum Gasteiger partial charge on any atom is -0.356 e. The molecule has 2 rings (SSSR count). The summed E-state index contributed by atoms with van der Waals surface area (Å²) < 4.78 is 1.05. The molecule has 0 aromatic rings. The molecular formula is C11H18BNS2. The molecule has 1 aliphatic heterocycles. The summed E-state index contributed by atoms with van der Waals surface area (Å²) in [6.45, 7) is 4.49. The van der Waals surface area contributed by atoms with Crippen LogP contribution >= 0.6 is 24.0 Å². The number of rotatable bonds is 0. The molecule has 1 saturated heterocycles. The third kappa shape index (κ3) is 1.95. The summed E-state index contributed by atoms with van der Waals surface area (Å²) in [6, 6.07) is 0.614. The lowest BCUT2D eigenvalue weighted by molar-refractivity contribution is 0.316. The molecule has 2 fully saturated rings. The first-order valence-electron chi connectivity index (χ1n) is 5.66. The molecule has 2 aliphatic rings. The molecule has 0 N–H and O–H groups in total. The van der Waals surface area contributed by atoms with Crippen molar-refractivity contribution >= 4 is 36.1 Å². The molecule has 1 aliphatic carbocycles. The van der Waals surface area contributed by atoms with Crippen LogP contribution < -0.4 is 0 Å². The average Bonchev–Trinajstić information content (AvgIpc) is 2.38. The molecule has 0 bridgehead atoms. The summed E-state index contributed by atoms with van der Waals surface area (Å²) in [5.74, 6) is 0.540. The van der Waals surface area contributed by atoms with Gasteiger partial charge in [0.05, 0.1) is 7.85 Å². The lowest BCUT2D eigenvalue weighted by Gasteiger charge is -2.35. The van der Waals surface area contributed by atoms with Crippen LogP contribution in [0.15, 0.2) is 0 Å². The summed E-state index contributed by atoms with van der Waals surface area (Å²) in [4.78, 5) is 2.28. The van der Waals surface area contributed by atoms with Gasteiger partial charge in [-0.25, -0.2) is 0 Å². The molecule has 0 spiro atoms. The van der Waals surface area contributed by atoms with Crippen molar-refractivity contribution in [3.05, 3.63) is 0 Å². The minimum atomic E-state index is -0.0206. The smallest absolute Gasteiger partial charge is 0.136 e. The van der Waals surface area contributed by atoms with Crippen molar-refractivity contribution in [3.8, 4) is 0 Å². The molecule has 82 valence electrons. The van der Waals surface area contributed by atoms with E-state index in [4.69, 9.17) is 20.1 Å². The topological polar surface area (TPSA) is 3.24 Å². The van der Waals surface area contributed by atoms with Gasteiger partial charge in [0, 0.05) is 18.3 Å². The maximum Gasteiger partial charge on any atom is 0.136 e. The van der Waals surface area contributed by atoms with Crippen LogP contribution in [0, 0.1) is 5.92 Å². The summed E-state index contributed by atoms with van der Waals surface area (Å²) in [7, 11) is 8.52. The first-order valence-corrected chi connectivity index (χ1v) is 6.94. The van der Waals surface area contributed by atoms with Gasteiger partial charge in [-0.05, 0) is 12.3 Å². The largest absolute Gasteiger partial charge is 0.356 e. The highest BCUT2D eigenvalue weighted by Gasteiger charge is 2.45. The van der Waals surface area contributed by atoms with E-state index in [1.54, 1.807) is 0 Å². The zero-order valence-corrected chi connectivity index (χ0v) is 11.3. The first-order chi connectivity index (χ1) is 6.93. The molecule has 0 aromatic carbocycles. The molecule has 15 heavy (non-hydrogen) atoms. The van der Waals surface area contributed by atoms with E-state index < -0.39 is 0 Å². The van der Waals surface area contributed by atoms with Crippen molar-refractivity contribution in [1.82, 2.24) is 4.90 Å². The quantitative estimate of drug-likeness (QED) is 0.472. The normalized spacial score (nSPS) is 46.5. The van der Waals surface area contributed by atoms with Crippen molar-refractivity contribution in [1.29, 1.82) is 0 Å². The Balaban J connectivity index is 2.25. The van der Waals surface area contributed by atoms with Crippen molar-refractivity contribution in [2.75, 3.05) is 7.05 Å². The van der Waals surface area contributed by atoms with Gasteiger partial charge >= 0.3 is 0 Å². The highest BCUT2D eigenvalue weighted by molar-refractivity contribution is 8.23. The lowest BCUT2D eigenvalue weighted by Crippen LogP contribution is -2.37. The Morgan fingerprint density at radius 1 is 1.60 bits per heavy atom. The Labute approximate surface area is 104 Å². The van der Waals surface area contributed by atoms with E-state index in [9.17, 15) is 0 Å². The summed E-state index contributed by atoms with van der Waals surface area (Å²) in [5, 5.41) is 0.577. The fraction of sp³-hybridized carbons (Fsp3) is 0.909. The van der Waals surface area contributed by atoms with Crippen LogP contribution in [0.25, 0.3) is 0 Å². The van der Waals surface area contributed by atoms with Gasteiger partial charge < -0.3 is 4.90 Å². The third-order valence-corrected chi connectivity index (χ3v) is 6.21. The standard InChI is InChI=1S/C11H18BNS2/c1-7-9-8(13(3)10(14)15-9)5-4-6-11(7,2)12/h7-9H,4-6H2,1-3H3. The van der Waals surface area contributed by atoms with Gasteiger partial charge in [-0.2, -0.15) is 0 Å². The summed E-state index contributed by atoms with van der Waals surface area (Å²) in [5.41, 5.74) is 0. The van der Waals surface area contributed by atoms with Crippen LogP contribution in [0.1, 0.15) is 33.1 Å². The van der Waals surface area contributed by atoms with Gasteiger partial charge in [0.1, 0.15) is 4.32 Å². The fourth-order valence-electron chi connectivity index (χ4n) is 2.72.